The molecule has 32 heavy (non-hydrogen) atoms. The fourth-order valence-electron chi connectivity index (χ4n) is 3.40. The molecule has 0 saturated heterocycles. The van der Waals surface area contributed by atoms with Gasteiger partial charge in [-0.1, -0.05) is 94.8 Å². The number of hydrogen-bond donors (Lipinski definition) is 0. The van der Waals surface area contributed by atoms with Crippen LogP contribution in [0.15, 0.2) is 102 Å². The summed E-state index contributed by atoms with van der Waals surface area (Å²) in [4.78, 5) is 0. The predicted molar refractivity (Wildman–Crippen MR) is 128 cm³/mol. The second kappa shape index (κ2) is 12.1. The highest BCUT2D eigenvalue weighted by Crippen LogP contribution is 2.21. The van der Waals surface area contributed by atoms with Crippen molar-refractivity contribution >= 4 is 15.9 Å². The standard InChI is InChI=1S/C27H27BrO4/c28-24-13-11-23(12-14-24)19-31-27-16-15-25(30-18-22-9-5-2-6-10-22)26(32-27)20-29-17-21-7-3-1-4-8-21/h1-16,25-27H,17-20H2/t25-,26+,27-/m0/s1. The minimum Gasteiger partial charge on any atom is -0.374 e. The van der Waals surface area contributed by atoms with Crippen LogP contribution in [0, 0.1) is 0 Å². The molecule has 4 rings (SSSR count). The Bertz CT molecular complexity index is 960. The summed E-state index contributed by atoms with van der Waals surface area (Å²) in [5, 5.41) is 0. The Kier molecular flexibility index (Phi) is 8.65. The lowest BCUT2D eigenvalue weighted by atomic mass is 10.1. The number of benzene rings is 3. The van der Waals surface area contributed by atoms with Gasteiger partial charge in [0.05, 0.1) is 26.4 Å². The van der Waals surface area contributed by atoms with E-state index in [1.807, 2.05) is 72.8 Å². The lowest BCUT2D eigenvalue weighted by molar-refractivity contribution is -0.199. The zero-order valence-electron chi connectivity index (χ0n) is 17.8. The first kappa shape index (κ1) is 22.9. The Morgan fingerprint density at radius 1 is 0.656 bits per heavy atom. The lowest BCUT2D eigenvalue weighted by Crippen LogP contribution is -2.41. The van der Waals surface area contributed by atoms with Gasteiger partial charge in [0, 0.05) is 4.47 Å². The molecule has 0 aromatic heterocycles. The molecule has 0 amide bonds. The summed E-state index contributed by atoms with van der Waals surface area (Å²) in [6, 6.07) is 28.3. The molecule has 0 N–H and O–H groups in total. The number of hydrogen-bond acceptors (Lipinski definition) is 4. The van der Waals surface area contributed by atoms with Crippen molar-refractivity contribution in [3.63, 3.8) is 0 Å². The Morgan fingerprint density at radius 2 is 1.25 bits per heavy atom. The predicted octanol–water partition coefficient (Wildman–Crippen LogP) is 6.05. The molecule has 0 fully saturated rings. The second-order valence-corrected chi connectivity index (χ2v) is 8.54. The molecular weight excluding hydrogens is 468 g/mol. The van der Waals surface area contributed by atoms with Gasteiger partial charge in [-0.15, -0.1) is 0 Å². The van der Waals surface area contributed by atoms with Crippen molar-refractivity contribution in [1.82, 2.24) is 0 Å². The maximum atomic E-state index is 6.20. The van der Waals surface area contributed by atoms with E-state index in [-0.39, 0.29) is 12.2 Å². The average molecular weight is 495 g/mol. The van der Waals surface area contributed by atoms with E-state index in [1.54, 1.807) is 0 Å². The van der Waals surface area contributed by atoms with Gasteiger partial charge in [0.1, 0.15) is 12.2 Å². The molecule has 3 atom stereocenters. The van der Waals surface area contributed by atoms with Gasteiger partial charge in [-0.05, 0) is 34.9 Å². The van der Waals surface area contributed by atoms with Gasteiger partial charge in [-0.25, -0.2) is 0 Å². The molecule has 0 saturated carbocycles. The van der Waals surface area contributed by atoms with E-state index >= 15 is 0 Å². The van der Waals surface area contributed by atoms with Gasteiger partial charge in [-0.3, -0.25) is 0 Å². The van der Waals surface area contributed by atoms with E-state index in [2.05, 4.69) is 40.2 Å². The average Bonchev–Trinajstić information content (AvgIpc) is 2.84. The van der Waals surface area contributed by atoms with Crippen LogP contribution < -0.4 is 0 Å². The molecule has 1 aliphatic rings. The largest absolute Gasteiger partial charge is 0.374 e. The van der Waals surface area contributed by atoms with Crippen molar-refractivity contribution in [3.05, 3.63) is 118 Å². The second-order valence-electron chi connectivity index (χ2n) is 7.63. The van der Waals surface area contributed by atoms with E-state index in [0.29, 0.717) is 26.4 Å². The summed E-state index contributed by atoms with van der Waals surface area (Å²) in [5.41, 5.74) is 3.34. The van der Waals surface area contributed by atoms with Crippen LogP contribution in [-0.4, -0.2) is 25.1 Å². The summed E-state index contributed by atoms with van der Waals surface area (Å²) < 4.78 is 25.3. The normalized spacial score (nSPS) is 20.3. The molecule has 166 valence electrons. The Labute approximate surface area is 197 Å². The van der Waals surface area contributed by atoms with E-state index < -0.39 is 6.29 Å². The van der Waals surface area contributed by atoms with Gasteiger partial charge in [0.2, 0.25) is 0 Å². The summed E-state index contributed by atoms with van der Waals surface area (Å²) in [7, 11) is 0. The molecule has 3 aromatic rings. The van der Waals surface area contributed by atoms with Crippen LogP contribution in [-0.2, 0) is 38.8 Å². The van der Waals surface area contributed by atoms with Crippen molar-refractivity contribution in [3.8, 4) is 0 Å². The zero-order chi connectivity index (χ0) is 22.0. The van der Waals surface area contributed by atoms with Crippen LogP contribution in [0.25, 0.3) is 0 Å². The zero-order valence-corrected chi connectivity index (χ0v) is 19.4. The SMILES string of the molecule is Brc1ccc(CO[C@@H]2C=C[C@H](OCc3ccccc3)[C@@H](COCc3ccccc3)O2)cc1. The maximum Gasteiger partial charge on any atom is 0.177 e. The Balaban J connectivity index is 1.35. The minimum absolute atomic E-state index is 0.210. The van der Waals surface area contributed by atoms with Crippen LogP contribution in [0.4, 0.5) is 0 Å². The van der Waals surface area contributed by atoms with Crippen LogP contribution in [0.1, 0.15) is 16.7 Å². The van der Waals surface area contributed by atoms with E-state index in [9.17, 15) is 0 Å². The maximum absolute atomic E-state index is 6.20. The molecule has 1 heterocycles. The third kappa shape index (κ3) is 7.12. The number of rotatable bonds is 10. The molecule has 5 heteroatoms. The van der Waals surface area contributed by atoms with Crippen molar-refractivity contribution in [2.24, 2.45) is 0 Å². The van der Waals surface area contributed by atoms with E-state index in [1.165, 1.54) is 0 Å². The van der Waals surface area contributed by atoms with E-state index in [4.69, 9.17) is 18.9 Å². The van der Waals surface area contributed by atoms with Crippen molar-refractivity contribution in [1.29, 1.82) is 0 Å². The molecule has 0 spiro atoms. The van der Waals surface area contributed by atoms with Crippen molar-refractivity contribution in [2.45, 2.75) is 38.3 Å². The topological polar surface area (TPSA) is 36.9 Å². The van der Waals surface area contributed by atoms with Gasteiger partial charge < -0.3 is 18.9 Å². The Morgan fingerprint density at radius 3 is 1.94 bits per heavy atom. The molecule has 4 nitrogen and oxygen atoms in total. The first-order chi connectivity index (χ1) is 15.8. The Hall–Kier alpha value is -2.28. The highest BCUT2D eigenvalue weighted by molar-refractivity contribution is 9.10. The van der Waals surface area contributed by atoms with Crippen molar-refractivity contribution in [2.75, 3.05) is 6.61 Å². The third-order valence-electron chi connectivity index (χ3n) is 5.14. The third-order valence-corrected chi connectivity index (χ3v) is 5.67. The van der Waals surface area contributed by atoms with Gasteiger partial charge in [-0.2, -0.15) is 0 Å². The molecule has 0 unspecified atom stereocenters. The molecule has 0 radical (unpaired) electrons. The fourth-order valence-corrected chi connectivity index (χ4v) is 3.67. The molecule has 0 aliphatic carbocycles. The molecular formula is C27H27BrO4. The van der Waals surface area contributed by atoms with Crippen molar-refractivity contribution < 1.29 is 18.9 Å². The monoisotopic (exact) mass is 494 g/mol. The first-order valence-electron chi connectivity index (χ1n) is 10.7. The fraction of sp³-hybridized carbons (Fsp3) is 0.259. The summed E-state index contributed by atoms with van der Waals surface area (Å²) in [6.45, 7) is 1.92. The highest BCUT2D eigenvalue weighted by atomic mass is 79.9. The van der Waals surface area contributed by atoms with Gasteiger partial charge in [0.15, 0.2) is 6.29 Å². The number of halogens is 1. The summed E-state index contributed by atoms with van der Waals surface area (Å²) in [5.74, 6) is 0. The summed E-state index contributed by atoms with van der Waals surface area (Å²) in [6.07, 6.45) is 3.03. The van der Waals surface area contributed by atoms with E-state index in [0.717, 1.165) is 21.2 Å². The van der Waals surface area contributed by atoms with Crippen LogP contribution in [0.2, 0.25) is 0 Å². The number of ether oxygens (including phenoxy) is 4. The van der Waals surface area contributed by atoms with Crippen LogP contribution >= 0.6 is 15.9 Å². The van der Waals surface area contributed by atoms with Crippen LogP contribution in [0.3, 0.4) is 0 Å². The first-order valence-corrected chi connectivity index (χ1v) is 11.5. The minimum atomic E-state index is -0.444. The smallest absolute Gasteiger partial charge is 0.177 e. The highest BCUT2D eigenvalue weighted by Gasteiger charge is 2.29. The lowest BCUT2D eigenvalue weighted by Gasteiger charge is -2.32. The molecule has 3 aromatic carbocycles. The quantitative estimate of drug-likeness (QED) is 0.321. The summed E-state index contributed by atoms with van der Waals surface area (Å²) >= 11 is 3.46. The van der Waals surface area contributed by atoms with Crippen LogP contribution in [0.5, 0.6) is 0 Å². The van der Waals surface area contributed by atoms with Gasteiger partial charge in [0.25, 0.3) is 0 Å². The molecule has 0 bridgehead atoms. The van der Waals surface area contributed by atoms with Gasteiger partial charge >= 0.3 is 0 Å². The molecule has 1 aliphatic heterocycles.